The number of rotatable bonds is 1. The van der Waals surface area contributed by atoms with E-state index in [1.54, 1.807) is 0 Å². The summed E-state index contributed by atoms with van der Waals surface area (Å²) >= 11 is 0. The molecule has 0 fully saturated rings. The molecule has 0 saturated carbocycles. The van der Waals surface area contributed by atoms with Crippen LogP contribution in [0.2, 0.25) is 0 Å². The van der Waals surface area contributed by atoms with E-state index < -0.39 is 0 Å². The summed E-state index contributed by atoms with van der Waals surface area (Å²) < 4.78 is 0. The predicted octanol–water partition coefficient (Wildman–Crippen LogP) is 2.84. The van der Waals surface area contributed by atoms with Crippen molar-refractivity contribution in [2.45, 2.75) is 33.1 Å². The van der Waals surface area contributed by atoms with E-state index >= 15 is 0 Å². The largest absolute Gasteiger partial charge is 0.257 e. The quantitative estimate of drug-likeness (QED) is 0.697. The number of hydrogen-bond donors (Lipinski definition) is 0. The average molecular weight is 225 g/mol. The molecule has 1 heteroatoms. The van der Waals surface area contributed by atoms with Crippen LogP contribution in [-0.2, 0) is 5.41 Å². The highest BCUT2D eigenvalue weighted by Gasteiger charge is 2.32. The van der Waals surface area contributed by atoms with Gasteiger partial charge in [0.25, 0.3) is 0 Å². The van der Waals surface area contributed by atoms with Crippen molar-refractivity contribution in [1.29, 1.82) is 0 Å². The summed E-state index contributed by atoms with van der Waals surface area (Å²) in [5.41, 5.74) is 3.67. The molecule has 88 valence electrons. The van der Waals surface area contributed by atoms with Crippen LogP contribution in [0.3, 0.4) is 0 Å². The molecule has 0 atom stereocenters. The molecule has 0 radical (unpaired) electrons. The second-order valence-corrected chi connectivity index (χ2v) is 4.98. The molecular weight excluding hydrogens is 206 g/mol. The molecule has 0 saturated heterocycles. The first-order valence-corrected chi connectivity index (χ1v) is 6.00. The summed E-state index contributed by atoms with van der Waals surface area (Å²) in [7, 11) is 0. The van der Waals surface area contributed by atoms with E-state index in [-0.39, 0.29) is 5.41 Å². The maximum atomic E-state index is 4.67. The van der Waals surface area contributed by atoms with Gasteiger partial charge in [0.15, 0.2) is 0 Å². The first kappa shape index (κ1) is 11.8. The SMILES string of the molecule is C=C/C=c1/ccc2c(/c1=C/C)C(C)(C)C(C)=N2. The maximum Gasteiger partial charge on any atom is 0.0676 e. The van der Waals surface area contributed by atoms with E-state index in [1.807, 2.05) is 6.08 Å². The Hall–Kier alpha value is -1.63. The van der Waals surface area contributed by atoms with Crippen molar-refractivity contribution in [2.75, 3.05) is 0 Å². The minimum absolute atomic E-state index is 0.0300. The van der Waals surface area contributed by atoms with Gasteiger partial charge in [0.05, 0.1) is 5.69 Å². The van der Waals surface area contributed by atoms with E-state index in [0.717, 1.165) is 5.69 Å². The average Bonchev–Trinajstić information content (AvgIpc) is 2.51. The van der Waals surface area contributed by atoms with Crippen LogP contribution in [0.15, 0.2) is 29.8 Å². The first-order chi connectivity index (χ1) is 8.02. The molecule has 1 aliphatic rings. The maximum absolute atomic E-state index is 4.67. The lowest BCUT2D eigenvalue weighted by molar-refractivity contribution is 0.726. The van der Waals surface area contributed by atoms with Gasteiger partial charge in [-0.1, -0.05) is 44.7 Å². The number of fused-ring (bicyclic) bond motifs is 1. The molecule has 0 bridgehead atoms. The number of hydrogen-bond acceptors (Lipinski definition) is 1. The van der Waals surface area contributed by atoms with Crippen LogP contribution in [0.1, 0.15) is 33.3 Å². The smallest absolute Gasteiger partial charge is 0.0676 e. The van der Waals surface area contributed by atoms with Gasteiger partial charge in [0.1, 0.15) is 0 Å². The van der Waals surface area contributed by atoms with E-state index in [0.29, 0.717) is 0 Å². The summed E-state index contributed by atoms with van der Waals surface area (Å²) in [5, 5.41) is 2.51. The fraction of sp³-hybridized carbons (Fsp3) is 0.312. The molecule has 0 aromatic heterocycles. The summed E-state index contributed by atoms with van der Waals surface area (Å²) in [6, 6.07) is 4.23. The third-order valence-corrected chi connectivity index (χ3v) is 3.66. The molecule has 0 unspecified atom stereocenters. The third kappa shape index (κ3) is 1.66. The number of benzene rings is 1. The summed E-state index contributed by atoms with van der Waals surface area (Å²) in [6.07, 6.45) is 6.06. The first-order valence-electron chi connectivity index (χ1n) is 6.00. The normalized spacial score (nSPS) is 19.2. The standard InChI is InChI=1S/C16H19N/c1-6-8-12-9-10-14-15(13(12)7-2)16(4,5)11(3)17-14/h6-10H,1H2,2-5H3/b12-8-,13-7+. The topological polar surface area (TPSA) is 12.4 Å². The van der Waals surface area contributed by atoms with Crippen LogP contribution in [0.5, 0.6) is 0 Å². The van der Waals surface area contributed by atoms with Gasteiger partial charge in [0, 0.05) is 11.1 Å². The van der Waals surface area contributed by atoms with Crippen LogP contribution in [0, 0.1) is 0 Å². The highest BCUT2D eigenvalue weighted by molar-refractivity contribution is 5.99. The van der Waals surface area contributed by atoms with Crippen molar-refractivity contribution in [3.05, 3.63) is 40.8 Å². The van der Waals surface area contributed by atoms with Gasteiger partial charge < -0.3 is 0 Å². The van der Waals surface area contributed by atoms with Gasteiger partial charge in [-0.25, -0.2) is 0 Å². The van der Waals surface area contributed by atoms with Crippen LogP contribution in [0.25, 0.3) is 12.2 Å². The molecule has 1 aromatic rings. The zero-order valence-corrected chi connectivity index (χ0v) is 11.0. The van der Waals surface area contributed by atoms with Gasteiger partial charge in [-0.2, -0.15) is 0 Å². The van der Waals surface area contributed by atoms with Gasteiger partial charge in [0.2, 0.25) is 0 Å². The Morgan fingerprint density at radius 3 is 2.59 bits per heavy atom. The van der Waals surface area contributed by atoms with Crippen LogP contribution >= 0.6 is 0 Å². The molecular formula is C16H19N. The Morgan fingerprint density at radius 2 is 2.00 bits per heavy atom. The monoisotopic (exact) mass is 225 g/mol. The fourth-order valence-electron chi connectivity index (χ4n) is 2.46. The summed E-state index contributed by atoms with van der Waals surface area (Å²) in [6.45, 7) is 12.4. The lowest BCUT2D eigenvalue weighted by Crippen LogP contribution is -2.36. The molecule has 1 heterocycles. The molecule has 2 rings (SSSR count). The molecule has 0 N–H and O–H groups in total. The van der Waals surface area contributed by atoms with Crippen LogP contribution in [0.4, 0.5) is 5.69 Å². The minimum atomic E-state index is 0.0300. The second-order valence-electron chi connectivity index (χ2n) is 4.98. The van der Waals surface area contributed by atoms with Crippen molar-refractivity contribution in [2.24, 2.45) is 4.99 Å². The highest BCUT2D eigenvalue weighted by Crippen LogP contribution is 2.36. The lowest BCUT2D eigenvalue weighted by Gasteiger charge is -2.20. The fourth-order valence-corrected chi connectivity index (χ4v) is 2.46. The van der Waals surface area contributed by atoms with Crippen LogP contribution < -0.4 is 10.4 Å². The predicted molar refractivity (Wildman–Crippen MR) is 76.3 cm³/mol. The van der Waals surface area contributed by atoms with Crippen molar-refractivity contribution in [1.82, 2.24) is 0 Å². The van der Waals surface area contributed by atoms with E-state index in [2.05, 4.69) is 63.6 Å². The highest BCUT2D eigenvalue weighted by atomic mass is 14.8. The third-order valence-electron chi connectivity index (χ3n) is 3.66. The van der Waals surface area contributed by atoms with Crippen molar-refractivity contribution in [3.63, 3.8) is 0 Å². The molecule has 17 heavy (non-hydrogen) atoms. The molecule has 1 aliphatic heterocycles. The summed E-state index contributed by atoms with van der Waals surface area (Å²) in [5.74, 6) is 0. The van der Waals surface area contributed by atoms with Gasteiger partial charge >= 0.3 is 0 Å². The second kappa shape index (κ2) is 3.99. The Bertz CT molecular complexity index is 616. The molecule has 1 nitrogen and oxygen atoms in total. The van der Waals surface area contributed by atoms with E-state index in [4.69, 9.17) is 0 Å². The van der Waals surface area contributed by atoms with E-state index in [1.165, 1.54) is 21.7 Å². The zero-order chi connectivity index (χ0) is 12.6. The molecule has 0 spiro atoms. The van der Waals surface area contributed by atoms with Crippen molar-refractivity contribution >= 4 is 23.6 Å². The molecule has 0 aliphatic carbocycles. The molecule has 0 amide bonds. The van der Waals surface area contributed by atoms with Gasteiger partial charge in [-0.3, -0.25) is 4.99 Å². The van der Waals surface area contributed by atoms with Gasteiger partial charge in [-0.15, -0.1) is 0 Å². The Morgan fingerprint density at radius 1 is 1.29 bits per heavy atom. The number of aliphatic imine (C=N–C) groups is 1. The number of nitrogens with zero attached hydrogens (tertiary/aromatic N) is 1. The summed E-state index contributed by atoms with van der Waals surface area (Å²) in [4.78, 5) is 4.67. The van der Waals surface area contributed by atoms with Gasteiger partial charge in [-0.05, 0) is 35.9 Å². The lowest BCUT2D eigenvalue weighted by atomic mass is 9.80. The number of allylic oxidation sites excluding steroid dienone is 1. The molecule has 1 aromatic carbocycles. The van der Waals surface area contributed by atoms with Crippen molar-refractivity contribution in [3.8, 4) is 0 Å². The Kier molecular flexibility index (Phi) is 2.78. The van der Waals surface area contributed by atoms with Crippen LogP contribution in [-0.4, -0.2) is 5.71 Å². The zero-order valence-electron chi connectivity index (χ0n) is 11.0. The Balaban J connectivity index is 2.90. The van der Waals surface area contributed by atoms with Crippen molar-refractivity contribution < 1.29 is 0 Å². The Labute approximate surface area is 103 Å². The van der Waals surface area contributed by atoms with E-state index in [9.17, 15) is 0 Å². The minimum Gasteiger partial charge on any atom is -0.257 e.